The number of nitrogens with one attached hydrogen (secondary N) is 1. The van der Waals surface area contributed by atoms with Crippen LogP contribution in [-0.2, 0) is 10.2 Å². The summed E-state index contributed by atoms with van der Waals surface area (Å²) >= 11 is 0. The van der Waals surface area contributed by atoms with E-state index in [-0.39, 0.29) is 16.7 Å². The Kier molecular flexibility index (Phi) is 6.26. The maximum Gasteiger partial charge on any atom is 0.293 e. The maximum absolute atomic E-state index is 12.9. The van der Waals surface area contributed by atoms with Gasteiger partial charge in [-0.15, -0.1) is 0 Å². The number of methoxy groups -OCH3 is 1. The number of carbonyl (C=O) groups is 1. The molecule has 1 fully saturated rings. The van der Waals surface area contributed by atoms with E-state index in [0.29, 0.717) is 43.4 Å². The van der Waals surface area contributed by atoms with Gasteiger partial charge in [0.05, 0.1) is 30.9 Å². The van der Waals surface area contributed by atoms with Gasteiger partial charge in [0.15, 0.2) is 0 Å². The predicted octanol–water partition coefficient (Wildman–Crippen LogP) is 3.99. The fraction of sp³-hybridized carbons (Fsp3) is 0.409. The molecule has 0 spiro atoms. The van der Waals surface area contributed by atoms with Crippen molar-refractivity contribution in [3.05, 3.63) is 57.6 Å². The van der Waals surface area contributed by atoms with E-state index >= 15 is 0 Å². The zero-order valence-electron chi connectivity index (χ0n) is 17.7. The van der Waals surface area contributed by atoms with Crippen LogP contribution in [-0.4, -0.2) is 44.2 Å². The second-order valence-electron chi connectivity index (χ2n) is 8.18. The van der Waals surface area contributed by atoms with Gasteiger partial charge in [-0.25, -0.2) is 0 Å². The summed E-state index contributed by atoms with van der Waals surface area (Å²) in [5.41, 5.74) is 2.06. The monoisotopic (exact) mass is 413 g/mol. The number of nitro groups is 1. The Labute approximate surface area is 175 Å². The second-order valence-corrected chi connectivity index (χ2v) is 8.18. The molecule has 1 aliphatic heterocycles. The Bertz CT molecular complexity index is 946. The van der Waals surface area contributed by atoms with Crippen LogP contribution < -0.4 is 15.0 Å². The summed E-state index contributed by atoms with van der Waals surface area (Å²) in [7, 11) is 1.53. The molecule has 2 aromatic rings. The molecule has 1 N–H and O–H groups in total. The highest BCUT2D eigenvalue weighted by Gasteiger charge is 2.24. The summed E-state index contributed by atoms with van der Waals surface area (Å²) < 4.78 is 10.7. The molecule has 0 unspecified atom stereocenters. The number of anilines is 2. The minimum Gasteiger partial charge on any atom is -0.495 e. The third-order valence-electron chi connectivity index (χ3n) is 5.10. The lowest BCUT2D eigenvalue weighted by Crippen LogP contribution is -2.36. The van der Waals surface area contributed by atoms with Crippen molar-refractivity contribution in [2.45, 2.75) is 26.2 Å². The van der Waals surface area contributed by atoms with Gasteiger partial charge in [0, 0.05) is 24.7 Å². The molecule has 0 radical (unpaired) electrons. The smallest absolute Gasteiger partial charge is 0.293 e. The topological polar surface area (TPSA) is 93.9 Å². The average molecular weight is 413 g/mol. The van der Waals surface area contributed by atoms with Crippen LogP contribution in [0.4, 0.5) is 17.1 Å². The number of amides is 1. The van der Waals surface area contributed by atoms with Crippen LogP contribution in [0.25, 0.3) is 0 Å². The standard InChI is InChI=1S/C22H27N3O5/c1-22(2,3)16-6-8-20(29-4)17(14-16)23-21(26)15-5-7-18(19(13-15)25(27)28)24-9-11-30-12-10-24/h5-8,13-14H,9-12H2,1-4H3,(H,23,26). The van der Waals surface area contributed by atoms with Gasteiger partial charge < -0.3 is 19.7 Å². The molecule has 30 heavy (non-hydrogen) atoms. The molecular formula is C22H27N3O5. The summed E-state index contributed by atoms with van der Waals surface area (Å²) in [6.45, 7) is 8.41. The number of morpholine rings is 1. The van der Waals surface area contributed by atoms with Crippen LogP contribution >= 0.6 is 0 Å². The normalized spacial score (nSPS) is 14.3. The highest BCUT2D eigenvalue weighted by molar-refractivity contribution is 6.06. The first-order valence-electron chi connectivity index (χ1n) is 9.81. The lowest BCUT2D eigenvalue weighted by Gasteiger charge is -2.28. The molecule has 1 saturated heterocycles. The van der Waals surface area contributed by atoms with Gasteiger partial charge in [-0.2, -0.15) is 0 Å². The van der Waals surface area contributed by atoms with Gasteiger partial charge in [0.25, 0.3) is 11.6 Å². The number of nitro benzene ring substituents is 1. The van der Waals surface area contributed by atoms with Gasteiger partial charge >= 0.3 is 0 Å². The quantitative estimate of drug-likeness (QED) is 0.588. The van der Waals surface area contributed by atoms with Gasteiger partial charge in [-0.05, 0) is 35.2 Å². The SMILES string of the molecule is COc1ccc(C(C)(C)C)cc1NC(=O)c1ccc(N2CCOCC2)c([N+](=O)[O-])c1. The number of nitrogens with zero attached hydrogens (tertiary/aromatic N) is 2. The van der Waals surface area contributed by atoms with Crippen molar-refractivity contribution in [3.63, 3.8) is 0 Å². The largest absolute Gasteiger partial charge is 0.495 e. The van der Waals surface area contributed by atoms with Crippen LogP contribution in [0.1, 0.15) is 36.7 Å². The molecule has 0 saturated carbocycles. The van der Waals surface area contributed by atoms with Crippen LogP contribution in [0.3, 0.4) is 0 Å². The summed E-state index contributed by atoms with van der Waals surface area (Å²) in [5, 5.41) is 14.5. The molecule has 0 aromatic heterocycles. The van der Waals surface area contributed by atoms with Crippen molar-refractivity contribution in [3.8, 4) is 5.75 Å². The van der Waals surface area contributed by atoms with Gasteiger partial charge in [0.2, 0.25) is 0 Å². The molecule has 1 heterocycles. The van der Waals surface area contributed by atoms with Gasteiger partial charge in [-0.3, -0.25) is 14.9 Å². The van der Waals surface area contributed by atoms with Crippen molar-refractivity contribution in [2.24, 2.45) is 0 Å². The third kappa shape index (κ3) is 4.71. The molecule has 2 aromatic carbocycles. The molecule has 1 amide bonds. The first kappa shape index (κ1) is 21.6. The molecule has 0 bridgehead atoms. The molecule has 3 rings (SSSR count). The van der Waals surface area contributed by atoms with E-state index in [2.05, 4.69) is 26.1 Å². The lowest BCUT2D eigenvalue weighted by atomic mass is 9.87. The summed E-state index contributed by atoms with van der Waals surface area (Å²) in [6, 6.07) is 10.2. The number of benzene rings is 2. The Balaban J connectivity index is 1.90. The molecule has 8 nitrogen and oxygen atoms in total. The average Bonchev–Trinajstić information content (AvgIpc) is 2.73. The predicted molar refractivity (Wildman–Crippen MR) is 116 cm³/mol. The zero-order valence-corrected chi connectivity index (χ0v) is 17.7. The van der Waals surface area contributed by atoms with Crippen LogP contribution in [0.2, 0.25) is 0 Å². The number of carbonyl (C=O) groups excluding carboxylic acids is 1. The van der Waals surface area contributed by atoms with E-state index in [0.717, 1.165) is 5.56 Å². The van der Waals surface area contributed by atoms with E-state index < -0.39 is 10.8 Å². The number of ether oxygens (including phenoxy) is 2. The third-order valence-corrected chi connectivity index (χ3v) is 5.10. The van der Waals surface area contributed by atoms with Crippen molar-refractivity contribution >= 4 is 23.0 Å². The summed E-state index contributed by atoms with van der Waals surface area (Å²) in [5.74, 6) is 0.0896. The van der Waals surface area contributed by atoms with Crippen molar-refractivity contribution in [1.29, 1.82) is 0 Å². The van der Waals surface area contributed by atoms with Crippen LogP contribution in [0.15, 0.2) is 36.4 Å². The van der Waals surface area contributed by atoms with Gasteiger partial charge in [-0.1, -0.05) is 26.8 Å². The molecule has 8 heteroatoms. The Hall–Kier alpha value is -3.13. The summed E-state index contributed by atoms with van der Waals surface area (Å²) in [6.07, 6.45) is 0. The fourth-order valence-electron chi connectivity index (χ4n) is 3.35. The highest BCUT2D eigenvalue weighted by Crippen LogP contribution is 2.33. The van der Waals surface area contributed by atoms with Crippen molar-refractivity contribution < 1.29 is 19.2 Å². The Morgan fingerprint density at radius 2 is 1.87 bits per heavy atom. The van der Waals surface area contributed by atoms with Crippen molar-refractivity contribution in [2.75, 3.05) is 43.6 Å². The molecule has 0 aliphatic carbocycles. The number of rotatable bonds is 5. The number of hydrogen-bond acceptors (Lipinski definition) is 6. The van der Waals surface area contributed by atoms with E-state index in [1.54, 1.807) is 18.2 Å². The molecule has 1 aliphatic rings. The van der Waals surface area contributed by atoms with Crippen molar-refractivity contribution in [1.82, 2.24) is 0 Å². The Morgan fingerprint density at radius 1 is 1.17 bits per heavy atom. The van der Waals surface area contributed by atoms with Crippen LogP contribution in [0, 0.1) is 10.1 Å². The van der Waals surface area contributed by atoms with E-state index in [4.69, 9.17) is 9.47 Å². The molecular weight excluding hydrogens is 386 g/mol. The highest BCUT2D eigenvalue weighted by atomic mass is 16.6. The first-order valence-corrected chi connectivity index (χ1v) is 9.81. The minimum absolute atomic E-state index is 0.0973. The fourth-order valence-corrected chi connectivity index (χ4v) is 3.35. The minimum atomic E-state index is -0.456. The van der Waals surface area contributed by atoms with E-state index in [1.807, 2.05) is 17.0 Å². The van der Waals surface area contributed by atoms with Crippen LogP contribution in [0.5, 0.6) is 5.75 Å². The number of hydrogen-bond donors (Lipinski definition) is 1. The second kappa shape index (κ2) is 8.71. The van der Waals surface area contributed by atoms with Gasteiger partial charge in [0.1, 0.15) is 11.4 Å². The molecule has 0 atom stereocenters. The first-order chi connectivity index (χ1) is 14.2. The lowest BCUT2D eigenvalue weighted by molar-refractivity contribution is -0.384. The maximum atomic E-state index is 12.9. The summed E-state index contributed by atoms with van der Waals surface area (Å²) in [4.78, 5) is 26.0. The molecule has 160 valence electrons. The van der Waals surface area contributed by atoms with E-state index in [1.165, 1.54) is 13.2 Å². The zero-order chi connectivity index (χ0) is 21.9. The Morgan fingerprint density at radius 3 is 2.47 bits per heavy atom. The van der Waals surface area contributed by atoms with E-state index in [9.17, 15) is 14.9 Å².